The van der Waals surface area contributed by atoms with Gasteiger partial charge in [-0.05, 0) is 6.92 Å². The van der Waals surface area contributed by atoms with Crippen LogP contribution in [0.2, 0.25) is 0 Å². The molecule has 0 fully saturated rings. The minimum absolute atomic E-state index is 0.616. The van der Waals surface area contributed by atoms with E-state index in [2.05, 4.69) is 51.1 Å². The van der Waals surface area contributed by atoms with Crippen LogP contribution in [0.3, 0.4) is 0 Å². The van der Waals surface area contributed by atoms with Gasteiger partial charge in [-0.1, -0.05) is 29.8 Å². The molecule has 140 valence electrons. The van der Waals surface area contributed by atoms with Crippen molar-refractivity contribution in [3.63, 3.8) is 0 Å². The number of benzene rings is 1. The van der Waals surface area contributed by atoms with E-state index in [1.807, 2.05) is 36.0 Å². The van der Waals surface area contributed by atoms with Crippen molar-refractivity contribution in [3.05, 3.63) is 73.0 Å². The Balaban J connectivity index is 1.77. The van der Waals surface area contributed by atoms with E-state index in [4.69, 9.17) is 4.98 Å². The summed E-state index contributed by atoms with van der Waals surface area (Å²) in [6.07, 6.45) is 10.6. The van der Waals surface area contributed by atoms with Crippen molar-refractivity contribution in [1.82, 2.24) is 29.5 Å². The van der Waals surface area contributed by atoms with Crippen molar-refractivity contribution < 1.29 is 0 Å². The molecule has 0 spiro atoms. The van der Waals surface area contributed by atoms with E-state index in [1.54, 1.807) is 18.6 Å². The SMILES string of the molecule is Cc1ccc(-c2nc(N(C)Cc3nccn3C)ncc2-c2cncnc2)cc1. The second-order valence-electron chi connectivity index (χ2n) is 6.74. The quantitative estimate of drug-likeness (QED) is 0.536. The van der Waals surface area contributed by atoms with Crippen molar-refractivity contribution in [3.8, 4) is 22.4 Å². The van der Waals surface area contributed by atoms with Crippen LogP contribution in [0.5, 0.6) is 0 Å². The molecule has 0 aliphatic carbocycles. The first-order valence-corrected chi connectivity index (χ1v) is 8.98. The molecule has 7 heteroatoms. The summed E-state index contributed by atoms with van der Waals surface area (Å²) in [5.41, 5.74) is 4.87. The highest BCUT2D eigenvalue weighted by atomic mass is 15.2. The van der Waals surface area contributed by atoms with Crippen LogP contribution in [0, 0.1) is 6.92 Å². The van der Waals surface area contributed by atoms with Gasteiger partial charge in [-0.2, -0.15) is 0 Å². The Bertz CT molecular complexity index is 1070. The maximum atomic E-state index is 4.88. The fourth-order valence-electron chi connectivity index (χ4n) is 2.97. The van der Waals surface area contributed by atoms with E-state index in [0.29, 0.717) is 12.5 Å². The largest absolute Gasteiger partial charge is 0.337 e. The van der Waals surface area contributed by atoms with Gasteiger partial charge in [0, 0.05) is 61.8 Å². The van der Waals surface area contributed by atoms with Gasteiger partial charge >= 0.3 is 0 Å². The molecule has 0 atom stereocenters. The molecule has 0 bridgehead atoms. The average Bonchev–Trinajstić information content (AvgIpc) is 3.13. The van der Waals surface area contributed by atoms with Crippen LogP contribution in [-0.4, -0.2) is 36.5 Å². The molecule has 28 heavy (non-hydrogen) atoms. The van der Waals surface area contributed by atoms with Crippen molar-refractivity contribution in [2.75, 3.05) is 11.9 Å². The summed E-state index contributed by atoms with van der Waals surface area (Å²) in [5, 5.41) is 0. The van der Waals surface area contributed by atoms with Gasteiger partial charge in [0.1, 0.15) is 12.2 Å². The summed E-state index contributed by atoms with van der Waals surface area (Å²) in [4.78, 5) is 24.1. The summed E-state index contributed by atoms with van der Waals surface area (Å²) < 4.78 is 1.99. The summed E-state index contributed by atoms with van der Waals surface area (Å²) in [6.45, 7) is 2.69. The third-order valence-electron chi connectivity index (χ3n) is 4.61. The summed E-state index contributed by atoms with van der Waals surface area (Å²) in [7, 11) is 3.95. The lowest BCUT2D eigenvalue weighted by atomic mass is 10.0. The number of nitrogens with zero attached hydrogens (tertiary/aromatic N) is 7. The first-order valence-electron chi connectivity index (χ1n) is 8.98. The predicted molar refractivity (Wildman–Crippen MR) is 109 cm³/mol. The standard InChI is InChI=1S/C21H21N7/c1-15-4-6-16(7-5-15)20-18(17-10-22-14-23-11-17)12-25-21(26-20)28(3)13-19-24-8-9-27(19)2/h4-12,14H,13H2,1-3H3. The highest BCUT2D eigenvalue weighted by Gasteiger charge is 2.15. The van der Waals surface area contributed by atoms with Gasteiger partial charge in [0.15, 0.2) is 0 Å². The zero-order chi connectivity index (χ0) is 19.5. The number of hydrogen-bond donors (Lipinski definition) is 0. The molecule has 3 aromatic heterocycles. The van der Waals surface area contributed by atoms with E-state index < -0.39 is 0 Å². The lowest BCUT2D eigenvalue weighted by Crippen LogP contribution is -2.21. The zero-order valence-electron chi connectivity index (χ0n) is 16.1. The molecule has 4 rings (SSSR count). The predicted octanol–water partition coefficient (Wildman–Crippen LogP) is 3.28. The molecular formula is C21H21N7. The summed E-state index contributed by atoms with van der Waals surface area (Å²) >= 11 is 0. The monoisotopic (exact) mass is 371 g/mol. The minimum Gasteiger partial charge on any atom is -0.337 e. The third kappa shape index (κ3) is 3.59. The van der Waals surface area contributed by atoms with Crippen LogP contribution < -0.4 is 4.90 Å². The Morgan fingerprint density at radius 1 is 0.964 bits per heavy atom. The van der Waals surface area contributed by atoms with Gasteiger partial charge in [-0.25, -0.2) is 24.9 Å². The van der Waals surface area contributed by atoms with E-state index in [1.165, 1.54) is 11.9 Å². The topological polar surface area (TPSA) is 72.6 Å². The second-order valence-corrected chi connectivity index (χ2v) is 6.74. The van der Waals surface area contributed by atoms with Gasteiger partial charge in [-0.3, -0.25) is 0 Å². The van der Waals surface area contributed by atoms with Crippen LogP contribution in [0.25, 0.3) is 22.4 Å². The number of imidazole rings is 1. The Kier molecular flexibility index (Phi) is 4.80. The third-order valence-corrected chi connectivity index (χ3v) is 4.61. The molecule has 0 amide bonds. The van der Waals surface area contributed by atoms with Gasteiger partial charge in [0.2, 0.25) is 5.95 Å². The highest BCUT2D eigenvalue weighted by Crippen LogP contribution is 2.31. The van der Waals surface area contributed by atoms with E-state index in [-0.39, 0.29) is 0 Å². The van der Waals surface area contributed by atoms with Crippen molar-refractivity contribution in [1.29, 1.82) is 0 Å². The highest BCUT2D eigenvalue weighted by molar-refractivity contribution is 5.80. The number of aromatic nitrogens is 6. The average molecular weight is 371 g/mol. The maximum Gasteiger partial charge on any atom is 0.226 e. The van der Waals surface area contributed by atoms with Crippen LogP contribution in [-0.2, 0) is 13.6 Å². The molecule has 7 nitrogen and oxygen atoms in total. The molecule has 0 saturated carbocycles. The normalized spacial score (nSPS) is 10.8. The van der Waals surface area contributed by atoms with Crippen LogP contribution in [0.15, 0.2) is 61.6 Å². The van der Waals surface area contributed by atoms with Gasteiger partial charge in [-0.15, -0.1) is 0 Å². The summed E-state index contributed by atoms with van der Waals surface area (Å²) in [5.74, 6) is 1.59. The number of hydrogen-bond acceptors (Lipinski definition) is 6. The van der Waals surface area contributed by atoms with Crippen LogP contribution in [0.4, 0.5) is 5.95 Å². The Morgan fingerprint density at radius 3 is 2.39 bits per heavy atom. The molecule has 1 aromatic carbocycles. The zero-order valence-corrected chi connectivity index (χ0v) is 16.1. The van der Waals surface area contributed by atoms with Gasteiger partial charge < -0.3 is 9.47 Å². The first kappa shape index (κ1) is 17.8. The van der Waals surface area contributed by atoms with Gasteiger partial charge in [0.25, 0.3) is 0 Å². The summed E-state index contributed by atoms with van der Waals surface area (Å²) in [6, 6.07) is 8.32. The molecule has 0 N–H and O–H groups in total. The molecule has 4 aromatic rings. The number of anilines is 1. The lowest BCUT2D eigenvalue weighted by molar-refractivity contribution is 0.747. The van der Waals surface area contributed by atoms with Crippen molar-refractivity contribution >= 4 is 5.95 Å². The Morgan fingerprint density at radius 2 is 1.71 bits per heavy atom. The van der Waals surface area contributed by atoms with Crippen molar-refractivity contribution in [2.45, 2.75) is 13.5 Å². The maximum absolute atomic E-state index is 4.88. The number of rotatable bonds is 5. The Hall–Kier alpha value is -3.61. The molecule has 3 heterocycles. The Labute approximate surface area is 163 Å². The minimum atomic E-state index is 0.616. The lowest BCUT2D eigenvalue weighted by Gasteiger charge is -2.19. The van der Waals surface area contributed by atoms with Crippen LogP contribution in [0.1, 0.15) is 11.4 Å². The molecular weight excluding hydrogens is 350 g/mol. The number of aryl methyl sites for hydroxylation is 2. The molecule has 0 saturated heterocycles. The van der Waals surface area contributed by atoms with Crippen LogP contribution >= 0.6 is 0 Å². The molecule has 0 aliphatic heterocycles. The second kappa shape index (κ2) is 7.56. The van der Waals surface area contributed by atoms with E-state index in [9.17, 15) is 0 Å². The molecule has 0 aliphatic rings. The molecule has 0 unspecified atom stereocenters. The smallest absolute Gasteiger partial charge is 0.226 e. The fraction of sp³-hybridized carbons (Fsp3) is 0.190. The van der Waals surface area contributed by atoms with Gasteiger partial charge in [0.05, 0.1) is 12.2 Å². The van der Waals surface area contributed by atoms with E-state index in [0.717, 1.165) is 28.2 Å². The first-order chi connectivity index (χ1) is 13.6. The van der Waals surface area contributed by atoms with Crippen molar-refractivity contribution in [2.24, 2.45) is 7.05 Å². The van der Waals surface area contributed by atoms with E-state index >= 15 is 0 Å². The fourth-order valence-corrected chi connectivity index (χ4v) is 2.97. The molecule has 0 radical (unpaired) electrons.